The van der Waals surface area contributed by atoms with E-state index in [0.29, 0.717) is 0 Å². The van der Waals surface area contributed by atoms with Gasteiger partial charge >= 0.3 is 0 Å². The number of hydrogen-bond acceptors (Lipinski definition) is 4. The minimum Gasteiger partial charge on any atom is -0.393 e. The molecule has 2 fully saturated rings. The van der Waals surface area contributed by atoms with Crippen molar-refractivity contribution in [2.24, 2.45) is 0 Å². The van der Waals surface area contributed by atoms with Crippen LogP contribution in [0, 0.1) is 5.82 Å². The van der Waals surface area contributed by atoms with Gasteiger partial charge in [-0.05, 0) is 62.8 Å². The van der Waals surface area contributed by atoms with Crippen molar-refractivity contribution in [3.8, 4) is 0 Å². The molecule has 134 valence electrons. The number of rotatable bonds is 5. The molecule has 4 nitrogen and oxygen atoms in total. The average molecular weight is 336 g/mol. The molecule has 0 saturated carbocycles. The minimum atomic E-state index is -0.204. The number of halogens is 1. The van der Waals surface area contributed by atoms with Gasteiger partial charge < -0.3 is 20.1 Å². The number of benzene rings is 1. The van der Waals surface area contributed by atoms with Crippen LogP contribution in [0.4, 0.5) is 10.1 Å². The molecular formula is C19H29FN2O2. The highest BCUT2D eigenvalue weighted by molar-refractivity contribution is 5.55. The van der Waals surface area contributed by atoms with Crippen LogP contribution in [0.2, 0.25) is 0 Å². The van der Waals surface area contributed by atoms with E-state index in [1.165, 1.54) is 12.5 Å². The summed E-state index contributed by atoms with van der Waals surface area (Å²) in [7, 11) is 0. The van der Waals surface area contributed by atoms with Crippen molar-refractivity contribution in [1.29, 1.82) is 0 Å². The lowest BCUT2D eigenvalue weighted by atomic mass is 10.0. The van der Waals surface area contributed by atoms with Crippen LogP contribution < -0.4 is 10.2 Å². The zero-order valence-electron chi connectivity index (χ0n) is 14.5. The molecule has 1 aromatic rings. The molecule has 2 heterocycles. The molecule has 5 heteroatoms. The fourth-order valence-electron chi connectivity index (χ4n) is 3.65. The Labute approximate surface area is 144 Å². The smallest absolute Gasteiger partial charge is 0.123 e. The van der Waals surface area contributed by atoms with Gasteiger partial charge in [0.2, 0.25) is 0 Å². The summed E-state index contributed by atoms with van der Waals surface area (Å²) in [5.41, 5.74) is 2.06. The Morgan fingerprint density at radius 3 is 2.79 bits per heavy atom. The van der Waals surface area contributed by atoms with Gasteiger partial charge in [0.1, 0.15) is 5.82 Å². The normalized spacial score (nSPS) is 24.1. The standard InChI is InChI=1S/C19H29FN2O2/c1-14(21-13-17-4-2-3-11-24-17)18-12-15(20)5-6-19(18)22-9-7-16(23)8-10-22/h5-6,12,14,16-17,21,23H,2-4,7-11,13H2,1H3. The quantitative estimate of drug-likeness (QED) is 0.868. The molecular weight excluding hydrogens is 307 g/mol. The van der Waals surface area contributed by atoms with Crippen molar-refractivity contribution in [3.05, 3.63) is 29.6 Å². The number of hydrogen-bond donors (Lipinski definition) is 2. The van der Waals surface area contributed by atoms with Crippen molar-refractivity contribution >= 4 is 5.69 Å². The maximum atomic E-state index is 13.8. The molecule has 1 aromatic carbocycles. The van der Waals surface area contributed by atoms with Crippen molar-refractivity contribution in [2.75, 3.05) is 31.1 Å². The fourth-order valence-corrected chi connectivity index (χ4v) is 3.65. The third kappa shape index (κ3) is 4.47. The molecule has 2 N–H and O–H groups in total. The van der Waals surface area contributed by atoms with Crippen molar-refractivity contribution < 1.29 is 14.2 Å². The highest BCUT2D eigenvalue weighted by Gasteiger charge is 2.22. The molecule has 0 bridgehead atoms. The van der Waals surface area contributed by atoms with Crippen molar-refractivity contribution in [2.45, 2.75) is 57.3 Å². The monoisotopic (exact) mass is 336 g/mol. The summed E-state index contributed by atoms with van der Waals surface area (Å²) in [6.45, 7) is 5.37. The van der Waals surface area contributed by atoms with Gasteiger partial charge in [-0.2, -0.15) is 0 Å². The first-order valence-corrected chi connectivity index (χ1v) is 9.21. The van der Waals surface area contributed by atoms with E-state index in [-0.39, 0.29) is 24.1 Å². The predicted molar refractivity (Wildman–Crippen MR) is 93.9 cm³/mol. The lowest BCUT2D eigenvalue weighted by molar-refractivity contribution is 0.0156. The number of nitrogens with one attached hydrogen (secondary N) is 1. The Balaban J connectivity index is 1.67. The van der Waals surface area contributed by atoms with E-state index < -0.39 is 0 Å². The first-order valence-electron chi connectivity index (χ1n) is 9.21. The van der Waals surface area contributed by atoms with E-state index in [0.717, 1.165) is 63.2 Å². The average Bonchev–Trinajstić information content (AvgIpc) is 2.61. The zero-order valence-corrected chi connectivity index (χ0v) is 14.5. The Bertz CT molecular complexity index is 526. The predicted octanol–water partition coefficient (Wildman–Crippen LogP) is 3.01. The molecule has 3 rings (SSSR count). The summed E-state index contributed by atoms with van der Waals surface area (Å²) in [4.78, 5) is 2.26. The summed E-state index contributed by atoms with van der Waals surface area (Å²) in [6.07, 6.45) is 5.08. The summed E-state index contributed by atoms with van der Waals surface area (Å²) in [6, 6.07) is 5.10. The topological polar surface area (TPSA) is 44.7 Å². The van der Waals surface area contributed by atoms with E-state index in [9.17, 15) is 9.50 Å². The fraction of sp³-hybridized carbons (Fsp3) is 0.684. The van der Waals surface area contributed by atoms with Crippen LogP contribution in [-0.4, -0.2) is 43.6 Å². The van der Waals surface area contributed by atoms with Gasteiger partial charge in [0.05, 0.1) is 12.2 Å². The minimum absolute atomic E-state index is 0.0630. The first kappa shape index (κ1) is 17.6. The lowest BCUT2D eigenvalue weighted by Crippen LogP contribution is -2.37. The van der Waals surface area contributed by atoms with E-state index in [4.69, 9.17) is 4.74 Å². The van der Waals surface area contributed by atoms with Crippen LogP contribution in [0.1, 0.15) is 50.6 Å². The van der Waals surface area contributed by atoms with Gasteiger partial charge in [-0.1, -0.05) is 0 Å². The van der Waals surface area contributed by atoms with E-state index in [1.807, 2.05) is 6.07 Å². The van der Waals surface area contributed by atoms with E-state index >= 15 is 0 Å². The first-order chi connectivity index (χ1) is 11.6. The molecule has 0 aliphatic carbocycles. The van der Waals surface area contributed by atoms with Gasteiger partial charge in [-0.15, -0.1) is 0 Å². The molecule has 24 heavy (non-hydrogen) atoms. The second-order valence-electron chi connectivity index (χ2n) is 7.04. The lowest BCUT2D eigenvalue weighted by Gasteiger charge is -2.34. The summed E-state index contributed by atoms with van der Waals surface area (Å²) >= 11 is 0. The van der Waals surface area contributed by atoms with E-state index in [1.54, 1.807) is 6.07 Å². The molecule has 0 radical (unpaired) electrons. The summed E-state index contributed by atoms with van der Waals surface area (Å²) in [5, 5.41) is 13.2. The molecule has 0 spiro atoms. The summed E-state index contributed by atoms with van der Waals surface area (Å²) < 4.78 is 19.6. The highest BCUT2D eigenvalue weighted by Crippen LogP contribution is 2.30. The number of aliphatic hydroxyl groups excluding tert-OH is 1. The van der Waals surface area contributed by atoms with Crippen LogP contribution in [-0.2, 0) is 4.74 Å². The van der Waals surface area contributed by atoms with Gasteiger partial charge in [-0.25, -0.2) is 4.39 Å². The molecule has 2 unspecified atom stereocenters. The number of anilines is 1. The molecule has 2 saturated heterocycles. The number of piperidine rings is 1. The number of aliphatic hydroxyl groups is 1. The van der Waals surface area contributed by atoms with Crippen LogP contribution >= 0.6 is 0 Å². The molecule has 0 amide bonds. The van der Waals surface area contributed by atoms with Crippen LogP contribution in [0.25, 0.3) is 0 Å². The summed E-state index contributed by atoms with van der Waals surface area (Å²) in [5.74, 6) is -0.201. The number of ether oxygens (including phenoxy) is 1. The van der Waals surface area contributed by atoms with Crippen molar-refractivity contribution in [1.82, 2.24) is 5.32 Å². The maximum absolute atomic E-state index is 13.8. The highest BCUT2D eigenvalue weighted by atomic mass is 19.1. The Kier molecular flexibility index (Phi) is 6.09. The van der Waals surface area contributed by atoms with E-state index in [2.05, 4.69) is 17.1 Å². The molecule has 2 aliphatic heterocycles. The zero-order chi connectivity index (χ0) is 16.9. The van der Waals surface area contributed by atoms with Crippen molar-refractivity contribution in [3.63, 3.8) is 0 Å². The Morgan fingerprint density at radius 2 is 2.08 bits per heavy atom. The van der Waals surface area contributed by atoms with Crippen LogP contribution in [0.3, 0.4) is 0 Å². The SMILES string of the molecule is CC(NCC1CCCCO1)c1cc(F)ccc1N1CCC(O)CC1. The molecule has 2 atom stereocenters. The molecule has 2 aliphatic rings. The van der Waals surface area contributed by atoms with Gasteiger partial charge in [0, 0.05) is 38.0 Å². The van der Waals surface area contributed by atoms with Gasteiger partial charge in [0.15, 0.2) is 0 Å². The third-order valence-corrected chi connectivity index (χ3v) is 5.19. The Hall–Kier alpha value is -1.17. The van der Waals surface area contributed by atoms with Gasteiger partial charge in [0.25, 0.3) is 0 Å². The van der Waals surface area contributed by atoms with Crippen LogP contribution in [0.5, 0.6) is 0 Å². The second-order valence-corrected chi connectivity index (χ2v) is 7.04. The number of nitrogens with zero attached hydrogens (tertiary/aromatic N) is 1. The second kappa shape index (κ2) is 8.28. The third-order valence-electron chi connectivity index (χ3n) is 5.19. The van der Waals surface area contributed by atoms with Crippen LogP contribution in [0.15, 0.2) is 18.2 Å². The molecule has 0 aromatic heterocycles. The largest absolute Gasteiger partial charge is 0.393 e. The Morgan fingerprint density at radius 1 is 1.29 bits per heavy atom. The van der Waals surface area contributed by atoms with Gasteiger partial charge in [-0.3, -0.25) is 0 Å². The maximum Gasteiger partial charge on any atom is 0.123 e.